The maximum absolute atomic E-state index is 11.0. The van der Waals surface area contributed by atoms with Crippen molar-refractivity contribution in [3.8, 4) is 0 Å². The van der Waals surface area contributed by atoms with Crippen LogP contribution in [0.2, 0.25) is 0 Å². The summed E-state index contributed by atoms with van der Waals surface area (Å²) in [7, 11) is 0. The Morgan fingerprint density at radius 2 is 2.33 bits per heavy atom. The Labute approximate surface area is 108 Å². The molecule has 7 heteroatoms. The van der Waals surface area contributed by atoms with E-state index in [1.54, 1.807) is 13.1 Å². The second-order valence-corrected chi connectivity index (χ2v) is 5.15. The Balaban J connectivity index is 1.89. The van der Waals surface area contributed by atoms with Crippen LogP contribution in [0.15, 0.2) is 12.4 Å². The average molecular weight is 264 g/mol. The molecule has 0 saturated carbocycles. The van der Waals surface area contributed by atoms with Crippen molar-refractivity contribution in [2.75, 3.05) is 11.4 Å². The molecule has 94 valence electrons. The molecule has 6 nitrogen and oxygen atoms in total. The van der Waals surface area contributed by atoms with E-state index in [1.165, 1.54) is 11.3 Å². The van der Waals surface area contributed by atoms with Gasteiger partial charge in [0.15, 0.2) is 5.13 Å². The molecule has 0 unspecified atom stereocenters. The van der Waals surface area contributed by atoms with Gasteiger partial charge in [-0.25, -0.2) is 14.8 Å². The third kappa shape index (κ3) is 1.76. The highest BCUT2D eigenvalue weighted by molar-refractivity contribution is 7.17. The van der Waals surface area contributed by atoms with Crippen LogP contribution in [-0.2, 0) is 13.1 Å². The number of anilines is 1. The van der Waals surface area contributed by atoms with Crippen LogP contribution in [0.1, 0.15) is 21.2 Å². The van der Waals surface area contributed by atoms with E-state index in [4.69, 9.17) is 5.11 Å². The van der Waals surface area contributed by atoms with Gasteiger partial charge in [-0.15, -0.1) is 0 Å². The molecule has 0 saturated heterocycles. The molecule has 3 heterocycles. The fourth-order valence-electron chi connectivity index (χ4n) is 2.05. The molecule has 18 heavy (non-hydrogen) atoms. The molecule has 2 aromatic heterocycles. The molecular weight excluding hydrogens is 252 g/mol. The van der Waals surface area contributed by atoms with E-state index < -0.39 is 5.97 Å². The zero-order chi connectivity index (χ0) is 12.7. The van der Waals surface area contributed by atoms with Crippen molar-refractivity contribution < 1.29 is 9.90 Å². The van der Waals surface area contributed by atoms with Gasteiger partial charge in [0.05, 0.1) is 12.2 Å². The molecule has 0 amide bonds. The van der Waals surface area contributed by atoms with E-state index in [0.717, 1.165) is 24.0 Å². The first-order chi connectivity index (χ1) is 8.65. The first-order valence-electron chi connectivity index (χ1n) is 5.61. The van der Waals surface area contributed by atoms with E-state index in [0.29, 0.717) is 17.1 Å². The monoisotopic (exact) mass is 264 g/mol. The Bertz CT molecular complexity index is 604. The van der Waals surface area contributed by atoms with Gasteiger partial charge < -0.3 is 14.6 Å². The van der Waals surface area contributed by atoms with Crippen LogP contribution in [0.5, 0.6) is 0 Å². The molecule has 3 rings (SSSR count). The van der Waals surface area contributed by atoms with Crippen molar-refractivity contribution in [1.29, 1.82) is 0 Å². The lowest BCUT2D eigenvalue weighted by Gasteiger charge is -2.27. The van der Waals surface area contributed by atoms with Crippen molar-refractivity contribution in [2.24, 2.45) is 0 Å². The predicted molar refractivity (Wildman–Crippen MR) is 67.1 cm³/mol. The summed E-state index contributed by atoms with van der Waals surface area (Å²) in [6.07, 6.45) is 3.75. The highest BCUT2D eigenvalue weighted by Gasteiger charge is 2.22. The van der Waals surface area contributed by atoms with E-state index in [2.05, 4.69) is 19.4 Å². The summed E-state index contributed by atoms with van der Waals surface area (Å²) < 4.78 is 2.11. The first kappa shape index (κ1) is 11.2. The summed E-state index contributed by atoms with van der Waals surface area (Å²) in [6, 6.07) is 0. The Morgan fingerprint density at radius 3 is 3.06 bits per heavy atom. The Kier molecular flexibility index (Phi) is 2.55. The van der Waals surface area contributed by atoms with Gasteiger partial charge in [-0.3, -0.25) is 0 Å². The van der Waals surface area contributed by atoms with Crippen molar-refractivity contribution in [2.45, 2.75) is 20.0 Å². The molecule has 1 N–H and O–H groups in total. The number of aryl methyl sites for hydroxylation is 1. The number of nitrogens with zero attached hydrogens (tertiary/aromatic N) is 4. The van der Waals surface area contributed by atoms with Crippen LogP contribution in [0.3, 0.4) is 0 Å². The minimum atomic E-state index is -0.908. The molecule has 1 aliphatic heterocycles. The zero-order valence-electron chi connectivity index (χ0n) is 9.83. The quantitative estimate of drug-likeness (QED) is 0.887. The molecule has 2 aromatic rings. The number of imidazole rings is 1. The number of rotatable bonds is 2. The predicted octanol–water partition coefficient (Wildman–Crippen LogP) is 1.37. The van der Waals surface area contributed by atoms with Crippen LogP contribution >= 0.6 is 11.3 Å². The van der Waals surface area contributed by atoms with E-state index >= 15 is 0 Å². The molecule has 0 bridgehead atoms. The number of hydrogen-bond acceptors (Lipinski definition) is 5. The number of carbonyl (C=O) groups is 1. The van der Waals surface area contributed by atoms with Gasteiger partial charge in [-0.2, -0.15) is 0 Å². The largest absolute Gasteiger partial charge is 0.477 e. The van der Waals surface area contributed by atoms with Gasteiger partial charge in [0.1, 0.15) is 10.7 Å². The molecule has 0 fully saturated rings. The molecule has 1 aliphatic rings. The third-order valence-corrected chi connectivity index (χ3v) is 4.20. The van der Waals surface area contributed by atoms with Crippen LogP contribution in [0.4, 0.5) is 5.13 Å². The van der Waals surface area contributed by atoms with Gasteiger partial charge in [-0.1, -0.05) is 11.3 Å². The van der Waals surface area contributed by atoms with Gasteiger partial charge in [0.2, 0.25) is 0 Å². The lowest BCUT2D eigenvalue weighted by atomic mass is 10.4. The molecular formula is C11H12N4O2S. The summed E-state index contributed by atoms with van der Waals surface area (Å²) in [5.41, 5.74) is 0.580. The topological polar surface area (TPSA) is 71.2 Å². The van der Waals surface area contributed by atoms with Crippen molar-refractivity contribution in [3.05, 3.63) is 28.8 Å². The van der Waals surface area contributed by atoms with Crippen LogP contribution < -0.4 is 4.90 Å². The van der Waals surface area contributed by atoms with Crippen LogP contribution in [-0.4, -0.2) is 32.2 Å². The first-order valence-corrected chi connectivity index (χ1v) is 6.42. The summed E-state index contributed by atoms with van der Waals surface area (Å²) in [5.74, 6) is 0.0840. The smallest absolute Gasteiger partial charge is 0.347 e. The molecule has 0 spiro atoms. The summed E-state index contributed by atoms with van der Waals surface area (Å²) in [4.78, 5) is 22.0. The number of fused-ring (bicyclic) bond motifs is 1. The lowest BCUT2D eigenvalue weighted by Crippen LogP contribution is -2.33. The van der Waals surface area contributed by atoms with Gasteiger partial charge in [0.25, 0.3) is 0 Å². The van der Waals surface area contributed by atoms with Crippen LogP contribution in [0.25, 0.3) is 0 Å². The SMILES string of the molecule is Cc1nc(N2CCn3ccnc3C2)sc1C(=O)O. The minimum absolute atomic E-state index is 0.318. The molecule has 0 atom stereocenters. The fraction of sp³-hybridized carbons (Fsp3) is 0.364. The average Bonchev–Trinajstić information content (AvgIpc) is 2.93. The van der Waals surface area contributed by atoms with Gasteiger partial charge in [0, 0.05) is 25.5 Å². The maximum Gasteiger partial charge on any atom is 0.347 e. The summed E-state index contributed by atoms with van der Waals surface area (Å²) in [5, 5.41) is 9.80. The second-order valence-electron chi connectivity index (χ2n) is 4.17. The van der Waals surface area contributed by atoms with Gasteiger partial charge in [-0.05, 0) is 6.92 Å². The van der Waals surface area contributed by atoms with E-state index in [1.807, 2.05) is 6.20 Å². The Hall–Kier alpha value is -1.89. The number of aromatic carboxylic acids is 1. The normalized spacial score (nSPS) is 14.6. The van der Waals surface area contributed by atoms with Crippen molar-refractivity contribution >= 4 is 22.4 Å². The molecule has 0 aliphatic carbocycles. The number of carboxylic acid groups (broad SMARTS) is 1. The number of aromatic nitrogens is 3. The summed E-state index contributed by atoms with van der Waals surface area (Å²) >= 11 is 1.23. The van der Waals surface area contributed by atoms with Gasteiger partial charge >= 0.3 is 5.97 Å². The highest BCUT2D eigenvalue weighted by Crippen LogP contribution is 2.28. The standard InChI is InChI=1S/C11H12N4O2S/c1-7-9(10(16)17)18-11(13-7)15-5-4-14-3-2-12-8(14)6-15/h2-3H,4-6H2,1H3,(H,16,17). The maximum atomic E-state index is 11.0. The lowest BCUT2D eigenvalue weighted by molar-refractivity contribution is 0.0701. The fourth-order valence-corrected chi connectivity index (χ4v) is 2.98. The summed E-state index contributed by atoms with van der Waals surface area (Å²) in [6.45, 7) is 4.10. The highest BCUT2D eigenvalue weighted by atomic mass is 32.1. The number of hydrogen-bond donors (Lipinski definition) is 1. The van der Waals surface area contributed by atoms with E-state index in [-0.39, 0.29) is 0 Å². The second kappa shape index (κ2) is 4.09. The van der Waals surface area contributed by atoms with Crippen molar-refractivity contribution in [1.82, 2.24) is 14.5 Å². The van der Waals surface area contributed by atoms with Crippen LogP contribution in [0, 0.1) is 6.92 Å². The van der Waals surface area contributed by atoms with E-state index in [9.17, 15) is 4.79 Å². The minimum Gasteiger partial charge on any atom is -0.477 e. The third-order valence-electron chi connectivity index (χ3n) is 2.99. The molecule has 0 aromatic carbocycles. The Morgan fingerprint density at radius 1 is 1.50 bits per heavy atom. The molecule has 0 radical (unpaired) electrons. The number of carboxylic acids is 1. The van der Waals surface area contributed by atoms with Crippen molar-refractivity contribution in [3.63, 3.8) is 0 Å². The number of thiazole rings is 1. The zero-order valence-corrected chi connectivity index (χ0v) is 10.6.